The van der Waals surface area contributed by atoms with Crippen LogP contribution in [-0.2, 0) is 16.1 Å². The molecule has 0 spiro atoms. The lowest BCUT2D eigenvalue weighted by molar-refractivity contribution is -0.121. The van der Waals surface area contributed by atoms with Gasteiger partial charge < -0.3 is 19.7 Å². The number of carbonyl (C=O) groups excluding carboxylic acids is 2. The van der Waals surface area contributed by atoms with E-state index < -0.39 is 6.09 Å². The number of methoxy groups -OCH3 is 1. The van der Waals surface area contributed by atoms with Crippen LogP contribution < -0.4 is 10.1 Å². The highest BCUT2D eigenvalue weighted by molar-refractivity contribution is 5.92. The predicted molar refractivity (Wildman–Crippen MR) is 124 cm³/mol. The van der Waals surface area contributed by atoms with Crippen LogP contribution >= 0.6 is 0 Å². The highest BCUT2D eigenvalue weighted by atomic mass is 16.6. The molecule has 0 bridgehead atoms. The Morgan fingerprint density at radius 1 is 1.09 bits per heavy atom. The number of benzene rings is 2. The highest BCUT2D eigenvalue weighted by Gasteiger charge is 2.29. The van der Waals surface area contributed by atoms with E-state index in [9.17, 15) is 9.59 Å². The maximum Gasteiger partial charge on any atom is 0.410 e. The molecule has 8 nitrogen and oxygen atoms in total. The lowest BCUT2D eigenvalue weighted by Crippen LogP contribution is -2.44. The zero-order valence-corrected chi connectivity index (χ0v) is 18.4. The zero-order chi connectivity index (χ0) is 23.0. The number of hydrogen-bond donors (Lipinski definition) is 1. The Hall–Kier alpha value is -3.94. The maximum atomic E-state index is 12.9. The Labute approximate surface area is 192 Å². The van der Waals surface area contributed by atoms with Gasteiger partial charge in [0, 0.05) is 24.7 Å². The first kappa shape index (κ1) is 22.3. The summed E-state index contributed by atoms with van der Waals surface area (Å²) in [5.41, 5.74) is 2.38. The number of carbonyl (C=O) groups is 2. The van der Waals surface area contributed by atoms with Gasteiger partial charge in [0.05, 0.1) is 18.7 Å². The van der Waals surface area contributed by atoms with Gasteiger partial charge in [0.25, 0.3) is 0 Å². The summed E-state index contributed by atoms with van der Waals surface area (Å²) in [5, 5.41) is 2.87. The topological polar surface area (TPSA) is 93.7 Å². The van der Waals surface area contributed by atoms with Crippen LogP contribution in [0.3, 0.4) is 0 Å². The third kappa shape index (κ3) is 5.65. The lowest BCUT2D eigenvalue weighted by atomic mass is 9.97. The molecule has 1 unspecified atom stereocenters. The molecule has 1 aliphatic heterocycles. The maximum absolute atomic E-state index is 12.9. The van der Waals surface area contributed by atoms with Gasteiger partial charge in [-0.15, -0.1) is 0 Å². The lowest BCUT2D eigenvalue weighted by Gasteiger charge is -2.31. The molecule has 0 radical (unpaired) electrons. The number of piperidine rings is 1. The molecule has 3 aromatic rings. The number of rotatable bonds is 6. The van der Waals surface area contributed by atoms with Crippen LogP contribution in [0.1, 0.15) is 18.4 Å². The van der Waals surface area contributed by atoms with Gasteiger partial charge in [-0.25, -0.2) is 14.8 Å². The van der Waals surface area contributed by atoms with Crippen molar-refractivity contribution in [2.75, 3.05) is 25.5 Å². The van der Waals surface area contributed by atoms with Crippen LogP contribution in [-0.4, -0.2) is 47.1 Å². The summed E-state index contributed by atoms with van der Waals surface area (Å²) in [6.07, 6.45) is 2.43. The quantitative estimate of drug-likeness (QED) is 0.612. The van der Waals surface area contributed by atoms with Gasteiger partial charge in [-0.05, 0) is 30.5 Å². The third-order valence-corrected chi connectivity index (χ3v) is 5.56. The normalized spacial score (nSPS) is 15.5. The molecule has 1 aromatic heterocycles. The summed E-state index contributed by atoms with van der Waals surface area (Å²) in [5.74, 6) is 0.568. The Morgan fingerprint density at radius 2 is 1.88 bits per heavy atom. The molecule has 0 saturated carbocycles. The summed E-state index contributed by atoms with van der Waals surface area (Å²) < 4.78 is 10.8. The minimum absolute atomic E-state index is 0.180. The summed E-state index contributed by atoms with van der Waals surface area (Å²) in [7, 11) is 1.60. The molecule has 170 valence electrons. The molecule has 4 rings (SSSR count). The number of aromatic nitrogens is 2. The fourth-order valence-electron chi connectivity index (χ4n) is 3.83. The van der Waals surface area contributed by atoms with Crippen LogP contribution in [0.5, 0.6) is 5.75 Å². The van der Waals surface area contributed by atoms with Crippen molar-refractivity contribution in [3.8, 4) is 17.0 Å². The van der Waals surface area contributed by atoms with E-state index in [1.165, 1.54) is 6.33 Å². The van der Waals surface area contributed by atoms with Gasteiger partial charge >= 0.3 is 6.09 Å². The highest BCUT2D eigenvalue weighted by Crippen LogP contribution is 2.29. The van der Waals surface area contributed by atoms with E-state index in [4.69, 9.17) is 9.47 Å². The van der Waals surface area contributed by atoms with Gasteiger partial charge in [-0.3, -0.25) is 4.79 Å². The molecule has 1 saturated heterocycles. The number of amides is 2. The van der Waals surface area contributed by atoms with E-state index in [0.717, 1.165) is 17.5 Å². The summed E-state index contributed by atoms with van der Waals surface area (Å²) in [4.78, 5) is 35.5. The van der Waals surface area contributed by atoms with Gasteiger partial charge in [0.2, 0.25) is 5.91 Å². The van der Waals surface area contributed by atoms with Crippen LogP contribution in [0, 0.1) is 5.92 Å². The number of anilines is 1. The number of nitrogens with zero attached hydrogens (tertiary/aromatic N) is 3. The molecule has 1 aliphatic rings. The molecule has 1 fully saturated rings. The fraction of sp³-hybridized carbons (Fsp3) is 0.280. The van der Waals surface area contributed by atoms with Crippen LogP contribution in [0.4, 0.5) is 10.6 Å². The third-order valence-electron chi connectivity index (χ3n) is 5.56. The molecule has 1 N–H and O–H groups in total. The van der Waals surface area contributed by atoms with Gasteiger partial charge in [0.15, 0.2) is 0 Å². The number of para-hydroxylation sites is 1. The summed E-state index contributed by atoms with van der Waals surface area (Å²) in [6.45, 7) is 1.09. The molecular weight excluding hydrogens is 420 g/mol. The second kappa shape index (κ2) is 10.6. The van der Waals surface area contributed by atoms with E-state index in [1.54, 1.807) is 18.1 Å². The SMILES string of the molecule is COc1ccccc1-c1cc(NC(=O)C2CCCN(C(=O)OCc3ccccc3)C2)ncn1. The average molecular weight is 447 g/mol. The van der Waals surface area contributed by atoms with E-state index in [-0.39, 0.29) is 18.4 Å². The van der Waals surface area contributed by atoms with Crippen molar-refractivity contribution >= 4 is 17.8 Å². The number of ether oxygens (including phenoxy) is 2. The minimum atomic E-state index is -0.406. The Kier molecular flexibility index (Phi) is 7.14. The van der Waals surface area contributed by atoms with Crippen LogP contribution in [0.15, 0.2) is 67.0 Å². The first-order chi connectivity index (χ1) is 16.1. The number of nitrogens with one attached hydrogen (secondary N) is 1. The van der Waals surface area contributed by atoms with E-state index in [2.05, 4.69) is 15.3 Å². The molecular formula is C25H26N4O4. The molecule has 2 aromatic carbocycles. The minimum Gasteiger partial charge on any atom is -0.496 e. The van der Waals surface area contributed by atoms with Crippen molar-refractivity contribution in [2.45, 2.75) is 19.4 Å². The van der Waals surface area contributed by atoms with Crippen molar-refractivity contribution in [3.63, 3.8) is 0 Å². The zero-order valence-electron chi connectivity index (χ0n) is 18.4. The van der Waals surface area contributed by atoms with Crippen molar-refractivity contribution in [2.24, 2.45) is 5.92 Å². The van der Waals surface area contributed by atoms with Crippen LogP contribution in [0.2, 0.25) is 0 Å². The second-order valence-electron chi connectivity index (χ2n) is 7.80. The molecule has 2 heterocycles. The van der Waals surface area contributed by atoms with Crippen molar-refractivity contribution in [3.05, 3.63) is 72.6 Å². The van der Waals surface area contributed by atoms with E-state index >= 15 is 0 Å². The van der Waals surface area contributed by atoms with Crippen molar-refractivity contribution < 1.29 is 19.1 Å². The predicted octanol–water partition coefficient (Wildman–Crippen LogP) is 4.14. The summed E-state index contributed by atoms with van der Waals surface area (Å²) in [6, 6.07) is 18.8. The summed E-state index contributed by atoms with van der Waals surface area (Å²) >= 11 is 0. The van der Waals surface area contributed by atoms with Crippen molar-refractivity contribution in [1.29, 1.82) is 0 Å². The smallest absolute Gasteiger partial charge is 0.410 e. The molecule has 1 atom stereocenters. The molecule has 2 amide bonds. The molecule has 0 aliphatic carbocycles. The van der Waals surface area contributed by atoms with Gasteiger partial charge in [0.1, 0.15) is 24.5 Å². The standard InChI is InChI=1S/C25H26N4O4/c1-32-22-12-6-5-11-20(22)21-14-23(27-17-26-21)28-24(30)19-10-7-13-29(15-19)25(31)33-16-18-8-3-2-4-9-18/h2-6,8-9,11-12,14,17,19H,7,10,13,15-16H2,1H3,(H,26,27,28,30). The van der Waals surface area contributed by atoms with Gasteiger partial charge in [-0.1, -0.05) is 42.5 Å². The number of hydrogen-bond acceptors (Lipinski definition) is 6. The van der Waals surface area contributed by atoms with E-state index in [0.29, 0.717) is 36.8 Å². The molecule has 8 heteroatoms. The average Bonchev–Trinajstić information content (AvgIpc) is 2.88. The largest absolute Gasteiger partial charge is 0.496 e. The fourth-order valence-corrected chi connectivity index (χ4v) is 3.83. The molecule has 33 heavy (non-hydrogen) atoms. The number of likely N-dealkylation sites (tertiary alicyclic amines) is 1. The van der Waals surface area contributed by atoms with E-state index in [1.807, 2.05) is 54.6 Å². The first-order valence-electron chi connectivity index (χ1n) is 10.9. The van der Waals surface area contributed by atoms with Crippen molar-refractivity contribution in [1.82, 2.24) is 14.9 Å². The Bertz CT molecular complexity index is 1110. The first-order valence-corrected chi connectivity index (χ1v) is 10.9. The van der Waals surface area contributed by atoms with Crippen LogP contribution in [0.25, 0.3) is 11.3 Å². The Balaban J connectivity index is 1.37. The Morgan fingerprint density at radius 3 is 2.70 bits per heavy atom. The monoisotopic (exact) mass is 446 g/mol. The van der Waals surface area contributed by atoms with Gasteiger partial charge in [-0.2, -0.15) is 0 Å². The second-order valence-corrected chi connectivity index (χ2v) is 7.80.